The lowest BCUT2D eigenvalue weighted by atomic mass is 9.73. The summed E-state index contributed by atoms with van der Waals surface area (Å²) in [5.41, 5.74) is 0.418. The largest absolute Gasteiger partial charge is 0.393 e. The first-order valence-electron chi connectivity index (χ1n) is 5.55. The molecule has 1 heteroatoms. The van der Waals surface area contributed by atoms with Crippen molar-refractivity contribution < 1.29 is 5.11 Å². The lowest BCUT2D eigenvalue weighted by molar-refractivity contribution is 0.0608. The van der Waals surface area contributed by atoms with Crippen LogP contribution in [0.3, 0.4) is 0 Å². The average Bonchev–Trinajstić information content (AvgIpc) is 1.78. The van der Waals surface area contributed by atoms with Gasteiger partial charge in [-0.15, -0.1) is 0 Å². The van der Waals surface area contributed by atoms with Crippen molar-refractivity contribution >= 4 is 0 Å². The molecule has 0 spiro atoms. The van der Waals surface area contributed by atoms with Gasteiger partial charge in [0.15, 0.2) is 0 Å². The standard InChI is InChI=1S/C12H24O/c1-9-5-10(7-11(13)6-9)8-12(2,3)4/h9-11,13H,5-8H2,1-4H3. The van der Waals surface area contributed by atoms with Crippen molar-refractivity contribution in [3.8, 4) is 0 Å². The maximum absolute atomic E-state index is 9.65. The topological polar surface area (TPSA) is 20.2 Å². The summed E-state index contributed by atoms with van der Waals surface area (Å²) >= 11 is 0. The molecule has 0 aromatic rings. The first-order chi connectivity index (χ1) is 5.87. The van der Waals surface area contributed by atoms with Gasteiger partial charge >= 0.3 is 0 Å². The smallest absolute Gasteiger partial charge is 0.0545 e. The molecule has 1 N–H and O–H groups in total. The molecule has 3 atom stereocenters. The molecule has 1 aliphatic carbocycles. The van der Waals surface area contributed by atoms with E-state index in [4.69, 9.17) is 0 Å². The van der Waals surface area contributed by atoms with Crippen LogP contribution in [0.2, 0.25) is 0 Å². The molecule has 78 valence electrons. The number of hydrogen-bond donors (Lipinski definition) is 1. The Labute approximate surface area is 82.5 Å². The highest BCUT2D eigenvalue weighted by atomic mass is 16.3. The molecule has 0 amide bonds. The molecule has 0 bridgehead atoms. The van der Waals surface area contributed by atoms with E-state index in [1.165, 1.54) is 12.8 Å². The third-order valence-electron chi connectivity index (χ3n) is 2.92. The Morgan fingerprint density at radius 3 is 2.23 bits per heavy atom. The van der Waals surface area contributed by atoms with Gasteiger partial charge in [0.25, 0.3) is 0 Å². The van der Waals surface area contributed by atoms with Crippen molar-refractivity contribution in [1.29, 1.82) is 0 Å². The molecule has 0 aliphatic heterocycles. The first-order valence-corrected chi connectivity index (χ1v) is 5.55. The molecule has 3 unspecified atom stereocenters. The van der Waals surface area contributed by atoms with Crippen LogP contribution in [0.5, 0.6) is 0 Å². The van der Waals surface area contributed by atoms with Gasteiger partial charge in [-0.1, -0.05) is 27.7 Å². The van der Waals surface area contributed by atoms with Crippen molar-refractivity contribution in [2.24, 2.45) is 17.3 Å². The van der Waals surface area contributed by atoms with Gasteiger partial charge in [-0.05, 0) is 42.9 Å². The van der Waals surface area contributed by atoms with Crippen LogP contribution >= 0.6 is 0 Å². The van der Waals surface area contributed by atoms with E-state index in [0.29, 0.717) is 5.41 Å². The predicted octanol–water partition coefficient (Wildman–Crippen LogP) is 3.22. The van der Waals surface area contributed by atoms with Crippen LogP contribution in [0.15, 0.2) is 0 Å². The molecular weight excluding hydrogens is 160 g/mol. The number of rotatable bonds is 1. The van der Waals surface area contributed by atoms with Crippen LogP contribution in [0.25, 0.3) is 0 Å². The molecule has 0 radical (unpaired) electrons. The van der Waals surface area contributed by atoms with Crippen LogP contribution in [0.1, 0.15) is 53.4 Å². The van der Waals surface area contributed by atoms with E-state index in [-0.39, 0.29) is 6.10 Å². The quantitative estimate of drug-likeness (QED) is 0.663. The van der Waals surface area contributed by atoms with Gasteiger partial charge < -0.3 is 5.11 Å². The molecule has 0 aromatic heterocycles. The van der Waals surface area contributed by atoms with Gasteiger partial charge in [-0.3, -0.25) is 0 Å². The van der Waals surface area contributed by atoms with Crippen molar-refractivity contribution in [3.05, 3.63) is 0 Å². The van der Waals surface area contributed by atoms with E-state index in [1.807, 2.05) is 0 Å². The van der Waals surface area contributed by atoms with Crippen molar-refractivity contribution in [2.75, 3.05) is 0 Å². The van der Waals surface area contributed by atoms with Gasteiger partial charge in [0.1, 0.15) is 0 Å². The van der Waals surface area contributed by atoms with E-state index in [9.17, 15) is 5.11 Å². The monoisotopic (exact) mass is 184 g/mol. The van der Waals surface area contributed by atoms with Crippen molar-refractivity contribution in [1.82, 2.24) is 0 Å². The second-order valence-corrected chi connectivity index (χ2v) is 6.10. The minimum Gasteiger partial charge on any atom is -0.393 e. The predicted molar refractivity (Wildman–Crippen MR) is 56.6 cm³/mol. The van der Waals surface area contributed by atoms with Crippen LogP contribution in [-0.4, -0.2) is 11.2 Å². The Hall–Kier alpha value is -0.0400. The average molecular weight is 184 g/mol. The second-order valence-electron chi connectivity index (χ2n) is 6.10. The molecular formula is C12H24O. The summed E-state index contributed by atoms with van der Waals surface area (Å²) < 4.78 is 0. The molecule has 1 fully saturated rings. The Kier molecular flexibility index (Phi) is 3.39. The summed E-state index contributed by atoms with van der Waals surface area (Å²) in [4.78, 5) is 0. The highest BCUT2D eigenvalue weighted by Gasteiger charge is 2.28. The fourth-order valence-electron chi connectivity index (χ4n) is 2.74. The van der Waals surface area contributed by atoms with Gasteiger partial charge in [-0.25, -0.2) is 0 Å². The summed E-state index contributed by atoms with van der Waals surface area (Å²) in [6, 6.07) is 0. The number of aliphatic hydroxyl groups is 1. The van der Waals surface area contributed by atoms with E-state index in [0.717, 1.165) is 24.7 Å². The summed E-state index contributed by atoms with van der Waals surface area (Å²) in [6.07, 6.45) is 4.58. The van der Waals surface area contributed by atoms with Gasteiger partial charge in [0.05, 0.1) is 6.10 Å². The Morgan fingerprint density at radius 2 is 1.77 bits per heavy atom. The molecule has 0 saturated heterocycles. The number of aliphatic hydroxyl groups excluding tert-OH is 1. The molecule has 1 nitrogen and oxygen atoms in total. The summed E-state index contributed by atoms with van der Waals surface area (Å²) in [7, 11) is 0. The van der Waals surface area contributed by atoms with Gasteiger partial charge in [-0.2, -0.15) is 0 Å². The molecule has 13 heavy (non-hydrogen) atoms. The van der Waals surface area contributed by atoms with E-state index < -0.39 is 0 Å². The zero-order valence-electron chi connectivity index (χ0n) is 9.51. The van der Waals surface area contributed by atoms with Crippen molar-refractivity contribution in [2.45, 2.75) is 59.5 Å². The van der Waals surface area contributed by atoms with Gasteiger partial charge in [0, 0.05) is 0 Å². The molecule has 1 rings (SSSR count). The highest BCUT2D eigenvalue weighted by molar-refractivity contribution is 4.79. The van der Waals surface area contributed by atoms with Crippen LogP contribution in [0, 0.1) is 17.3 Å². The zero-order valence-corrected chi connectivity index (χ0v) is 9.51. The zero-order chi connectivity index (χ0) is 10.1. The highest BCUT2D eigenvalue weighted by Crippen LogP contribution is 2.36. The third-order valence-corrected chi connectivity index (χ3v) is 2.92. The normalized spacial score (nSPS) is 36.2. The van der Waals surface area contributed by atoms with E-state index in [2.05, 4.69) is 27.7 Å². The molecule has 1 aliphatic rings. The minimum atomic E-state index is -0.0314. The van der Waals surface area contributed by atoms with Crippen LogP contribution in [-0.2, 0) is 0 Å². The summed E-state index contributed by atoms with van der Waals surface area (Å²) in [5.74, 6) is 1.47. The summed E-state index contributed by atoms with van der Waals surface area (Å²) in [6.45, 7) is 9.13. The lowest BCUT2D eigenvalue weighted by Gasteiger charge is -2.34. The van der Waals surface area contributed by atoms with Gasteiger partial charge in [0.2, 0.25) is 0 Å². The van der Waals surface area contributed by atoms with Crippen LogP contribution in [0.4, 0.5) is 0 Å². The third kappa shape index (κ3) is 4.12. The lowest BCUT2D eigenvalue weighted by Crippen LogP contribution is -2.27. The maximum atomic E-state index is 9.65. The molecule has 0 heterocycles. The SMILES string of the molecule is CC1CC(O)CC(CC(C)(C)C)C1. The van der Waals surface area contributed by atoms with Crippen molar-refractivity contribution in [3.63, 3.8) is 0 Å². The Morgan fingerprint density at radius 1 is 1.15 bits per heavy atom. The molecule has 1 saturated carbocycles. The summed E-state index contributed by atoms with van der Waals surface area (Å²) in [5, 5.41) is 9.65. The fraction of sp³-hybridized carbons (Fsp3) is 1.00. The van der Waals surface area contributed by atoms with E-state index in [1.54, 1.807) is 0 Å². The first kappa shape index (κ1) is 11.0. The number of hydrogen-bond acceptors (Lipinski definition) is 1. The minimum absolute atomic E-state index is 0.0314. The van der Waals surface area contributed by atoms with Crippen LogP contribution < -0.4 is 0 Å². The Bertz CT molecular complexity index is 147. The fourth-order valence-corrected chi connectivity index (χ4v) is 2.74. The second kappa shape index (κ2) is 4.00. The van der Waals surface area contributed by atoms with E-state index >= 15 is 0 Å². The maximum Gasteiger partial charge on any atom is 0.0545 e. The molecule has 0 aromatic carbocycles. The Balaban J connectivity index is 2.42.